The first-order valence-corrected chi connectivity index (χ1v) is 24.2. The molecule has 10 aromatic rings. The van der Waals surface area contributed by atoms with Crippen molar-refractivity contribution in [3.8, 4) is 39.8 Å². The minimum atomic E-state index is -0.395. The van der Waals surface area contributed by atoms with E-state index in [1.165, 1.54) is 33.4 Å². The molecule has 7 aromatic carbocycles. The fraction of sp³-hybridized carbons (Fsp3) is 0.219. The van der Waals surface area contributed by atoms with Crippen LogP contribution in [0.25, 0.3) is 50.1 Å². The van der Waals surface area contributed by atoms with Crippen LogP contribution >= 0.6 is 0 Å². The van der Waals surface area contributed by atoms with Gasteiger partial charge < -0.3 is 4.74 Å². The second-order valence-corrected chi connectivity index (χ2v) is 21.7. The molecule has 0 aliphatic carbocycles. The summed E-state index contributed by atoms with van der Waals surface area (Å²) in [7, 11) is 0. The Morgan fingerprint density at radius 1 is 0.464 bits per heavy atom. The summed E-state index contributed by atoms with van der Waals surface area (Å²) < 4.78 is 13.9. The van der Waals surface area contributed by atoms with Gasteiger partial charge in [0.1, 0.15) is 17.3 Å². The third-order valence-electron chi connectivity index (χ3n) is 14.1. The van der Waals surface area contributed by atoms with E-state index in [1.807, 2.05) is 6.20 Å². The predicted octanol–water partition coefficient (Wildman–Crippen LogP) is 15.8. The van der Waals surface area contributed by atoms with Gasteiger partial charge in [-0.15, -0.1) is 0 Å². The van der Waals surface area contributed by atoms with E-state index in [4.69, 9.17) is 9.72 Å². The maximum atomic E-state index is 7.17. The van der Waals surface area contributed by atoms with Gasteiger partial charge in [-0.3, -0.25) is 13.7 Å². The SMILES string of the molecule is CC(C)(C)c1cccc(-[n+]2[c-]n(-c3cc(Oc4ccc5c6cc(-c7ccccc7)ccc6n(-c6cc(C(C)(C)C)ccn6)c5c4)cc(C(C)(C)c4ccccc4)c3)c(C(C)(C)c3ccccc3)c2)c1. The number of aromatic nitrogens is 4. The van der Waals surface area contributed by atoms with Crippen LogP contribution in [0.3, 0.4) is 0 Å². The van der Waals surface area contributed by atoms with Crippen LogP contribution in [-0.2, 0) is 21.7 Å². The molecule has 0 fully saturated rings. The van der Waals surface area contributed by atoms with Crippen LogP contribution in [-0.4, -0.2) is 14.1 Å². The quantitative estimate of drug-likeness (QED) is 0.101. The summed E-state index contributed by atoms with van der Waals surface area (Å²) in [5.74, 6) is 2.34. The second kappa shape index (κ2) is 17.2. The third kappa shape index (κ3) is 8.67. The van der Waals surface area contributed by atoms with E-state index < -0.39 is 5.41 Å². The molecule has 0 N–H and O–H groups in total. The first-order valence-electron chi connectivity index (χ1n) is 24.2. The first-order chi connectivity index (χ1) is 32.9. The maximum absolute atomic E-state index is 7.17. The van der Waals surface area contributed by atoms with E-state index in [0.29, 0.717) is 0 Å². The summed E-state index contributed by atoms with van der Waals surface area (Å²) >= 11 is 0. The Bertz CT molecular complexity index is 3470. The highest BCUT2D eigenvalue weighted by molar-refractivity contribution is 6.10. The minimum absolute atomic E-state index is 0.00960. The van der Waals surface area contributed by atoms with Crippen LogP contribution in [0.4, 0.5) is 0 Å². The number of ether oxygens (including phenoxy) is 1. The van der Waals surface area contributed by atoms with Crippen molar-refractivity contribution in [2.24, 2.45) is 0 Å². The number of hydrogen-bond acceptors (Lipinski definition) is 2. The van der Waals surface area contributed by atoms with Gasteiger partial charge in [-0.1, -0.05) is 178 Å². The zero-order chi connectivity index (χ0) is 48.3. The van der Waals surface area contributed by atoms with Gasteiger partial charge in [0.2, 0.25) is 0 Å². The molecule has 0 amide bonds. The number of imidazole rings is 1. The predicted molar refractivity (Wildman–Crippen MR) is 285 cm³/mol. The van der Waals surface area contributed by atoms with Gasteiger partial charge in [0.05, 0.1) is 28.1 Å². The second-order valence-electron chi connectivity index (χ2n) is 21.7. The number of benzene rings is 7. The van der Waals surface area contributed by atoms with Gasteiger partial charge in [0.25, 0.3) is 6.33 Å². The van der Waals surface area contributed by atoms with E-state index in [1.54, 1.807) is 0 Å². The van der Waals surface area contributed by atoms with E-state index in [2.05, 4.69) is 277 Å². The Balaban J connectivity index is 1.17. The maximum Gasteiger partial charge on any atom is 0.269 e. The van der Waals surface area contributed by atoms with Crippen LogP contribution in [0, 0.1) is 6.33 Å². The largest absolute Gasteiger partial charge is 0.458 e. The smallest absolute Gasteiger partial charge is 0.269 e. The Morgan fingerprint density at radius 3 is 1.78 bits per heavy atom. The summed E-state index contributed by atoms with van der Waals surface area (Å²) in [6.45, 7) is 22.7. The normalized spacial score (nSPS) is 12.5. The highest BCUT2D eigenvalue weighted by atomic mass is 16.5. The molecule has 5 heteroatoms. The van der Waals surface area contributed by atoms with Gasteiger partial charge in [-0.25, -0.2) is 4.98 Å². The Hall–Kier alpha value is -7.50. The topological polar surface area (TPSA) is 35.9 Å². The van der Waals surface area contributed by atoms with Gasteiger partial charge in [-0.2, -0.15) is 0 Å². The summed E-state index contributed by atoms with van der Waals surface area (Å²) in [5.41, 5.74) is 12.8. The van der Waals surface area contributed by atoms with Crippen LogP contribution in [0.5, 0.6) is 11.5 Å². The van der Waals surface area contributed by atoms with Gasteiger partial charge in [-0.05, 0) is 117 Å². The number of hydrogen-bond donors (Lipinski definition) is 0. The van der Waals surface area contributed by atoms with Crippen molar-refractivity contribution in [3.05, 3.63) is 234 Å². The van der Waals surface area contributed by atoms with E-state index in [-0.39, 0.29) is 16.2 Å². The van der Waals surface area contributed by atoms with Crippen LogP contribution in [0.2, 0.25) is 0 Å². The molecule has 0 bridgehead atoms. The van der Waals surface area contributed by atoms with Gasteiger partial charge in [0.15, 0.2) is 0 Å². The molecule has 0 radical (unpaired) electrons. The summed E-state index contributed by atoms with van der Waals surface area (Å²) in [4.78, 5) is 5.01. The van der Waals surface area contributed by atoms with E-state index in [0.717, 1.165) is 61.8 Å². The van der Waals surface area contributed by atoms with Crippen LogP contribution in [0.15, 0.2) is 194 Å². The standard InChI is InChI=1S/C64H62N4O/c1-61(2,3)48-27-20-28-51(36-48)66-42-59(64(9,10)47-25-18-13-19-26-47)67(43-66)52-37-50(63(7,8)46-23-16-12-17-24-46)38-54(40-52)69-53-30-31-55-56-35-45(44-21-14-11-15-22-44)29-32-57(56)68(58(55)41-53)60-39-49(33-34-65-60)62(4,5)6/h11-42H,1-10H3. The molecule has 10 rings (SSSR count). The summed E-state index contributed by atoms with van der Waals surface area (Å²) in [6.07, 6.45) is 8.03. The highest BCUT2D eigenvalue weighted by Gasteiger charge is 2.31. The van der Waals surface area contributed by atoms with Crippen molar-refractivity contribution in [3.63, 3.8) is 0 Å². The Kier molecular flexibility index (Phi) is 11.3. The number of fused-ring (bicyclic) bond motifs is 3. The molecule has 3 heterocycles. The lowest BCUT2D eigenvalue weighted by molar-refractivity contribution is -0.599. The van der Waals surface area contributed by atoms with Crippen LogP contribution in [0.1, 0.15) is 103 Å². The van der Waals surface area contributed by atoms with Crippen molar-refractivity contribution < 1.29 is 9.30 Å². The third-order valence-corrected chi connectivity index (χ3v) is 14.1. The lowest BCUT2D eigenvalue weighted by Crippen LogP contribution is -2.29. The lowest BCUT2D eigenvalue weighted by atomic mass is 9.78. The van der Waals surface area contributed by atoms with E-state index in [9.17, 15) is 0 Å². The van der Waals surface area contributed by atoms with Gasteiger partial charge in [0, 0.05) is 40.1 Å². The molecule has 5 nitrogen and oxygen atoms in total. The highest BCUT2D eigenvalue weighted by Crippen LogP contribution is 2.41. The summed E-state index contributed by atoms with van der Waals surface area (Å²) in [5, 5.41) is 2.29. The fourth-order valence-corrected chi connectivity index (χ4v) is 9.68. The molecule has 0 aliphatic rings. The number of nitrogens with zero attached hydrogens (tertiary/aromatic N) is 4. The molecule has 344 valence electrons. The van der Waals surface area contributed by atoms with Crippen molar-refractivity contribution >= 4 is 21.8 Å². The van der Waals surface area contributed by atoms with Crippen molar-refractivity contribution in [2.45, 2.75) is 90.9 Å². The molecule has 0 atom stereocenters. The van der Waals surface area contributed by atoms with Crippen molar-refractivity contribution in [1.82, 2.24) is 14.1 Å². The monoisotopic (exact) mass is 902 g/mol. The zero-order valence-electron chi connectivity index (χ0n) is 41.7. The molecule has 0 unspecified atom stereocenters. The number of rotatable bonds is 10. The zero-order valence-corrected chi connectivity index (χ0v) is 41.7. The van der Waals surface area contributed by atoms with Gasteiger partial charge >= 0.3 is 0 Å². The van der Waals surface area contributed by atoms with Crippen molar-refractivity contribution in [2.75, 3.05) is 0 Å². The summed E-state index contributed by atoms with van der Waals surface area (Å²) in [6, 6.07) is 65.3. The Labute approximate surface area is 408 Å². The fourth-order valence-electron chi connectivity index (χ4n) is 9.68. The molecule has 69 heavy (non-hydrogen) atoms. The number of pyridine rings is 1. The molecular formula is C64H62N4O. The minimum Gasteiger partial charge on any atom is -0.458 e. The lowest BCUT2D eigenvalue weighted by Gasteiger charge is -2.29. The molecule has 0 spiro atoms. The average Bonchev–Trinajstić information content (AvgIpc) is 3.95. The molecule has 0 saturated heterocycles. The average molecular weight is 903 g/mol. The Morgan fingerprint density at radius 2 is 1.10 bits per heavy atom. The van der Waals surface area contributed by atoms with Crippen LogP contribution < -0.4 is 9.30 Å². The van der Waals surface area contributed by atoms with Crippen molar-refractivity contribution in [1.29, 1.82) is 0 Å². The molecule has 0 aliphatic heterocycles. The van der Waals surface area contributed by atoms with E-state index >= 15 is 0 Å². The molecular weight excluding hydrogens is 841 g/mol. The molecule has 3 aromatic heterocycles. The molecule has 0 saturated carbocycles. The first kappa shape index (κ1) is 45.3.